The summed E-state index contributed by atoms with van der Waals surface area (Å²) in [4.78, 5) is 17.8. The maximum Gasteiger partial charge on any atom is 0.272 e. The van der Waals surface area contributed by atoms with Gasteiger partial charge in [0.2, 0.25) is 10.0 Å². The zero-order chi connectivity index (χ0) is 19.7. The summed E-state index contributed by atoms with van der Waals surface area (Å²) < 4.78 is 51.0. The fraction of sp³-hybridized carbons (Fsp3) is 0.294. The van der Waals surface area contributed by atoms with Crippen LogP contribution in [-0.2, 0) is 19.9 Å². The number of amides is 1. The van der Waals surface area contributed by atoms with E-state index in [9.17, 15) is 21.6 Å². The Bertz CT molecular complexity index is 1050. The minimum atomic E-state index is -3.91. The van der Waals surface area contributed by atoms with Gasteiger partial charge in [-0.15, -0.1) is 0 Å². The normalized spacial score (nSPS) is 17.8. The van der Waals surface area contributed by atoms with Gasteiger partial charge in [-0.25, -0.2) is 21.6 Å². The molecule has 1 fully saturated rings. The lowest BCUT2D eigenvalue weighted by atomic mass is 10.3. The van der Waals surface area contributed by atoms with Crippen molar-refractivity contribution in [2.75, 3.05) is 19.3 Å². The second-order valence-electron chi connectivity index (χ2n) is 6.32. The van der Waals surface area contributed by atoms with Crippen LogP contribution in [0.15, 0.2) is 58.5 Å². The Morgan fingerprint density at radius 3 is 2.52 bits per heavy atom. The average molecular weight is 409 g/mol. The van der Waals surface area contributed by atoms with E-state index in [-0.39, 0.29) is 22.2 Å². The summed E-state index contributed by atoms with van der Waals surface area (Å²) in [5.41, 5.74) is 0.307. The van der Waals surface area contributed by atoms with Crippen LogP contribution in [0.25, 0.3) is 0 Å². The van der Waals surface area contributed by atoms with Crippen LogP contribution >= 0.6 is 0 Å². The second-order valence-corrected chi connectivity index (χ2v) is 10.0. The number of nitrogens with one attached hydrogen (secondary N) is 1. The van der Waals surface area contributed by atoms with Crippen LogP contribution in [0.5, 0.6) is 0 Å². The number of sulfonamides is 1. The van der Waals surface area contributed by atoms with Crippen molar-refractivity contribution in [1.29, 1.82) is 0 Å². The first-order chi connectivity index (χ1) is 12.7. The van der Waals surface area contributed by atoms with Gasteiger partial charge in [-0.05, 0) is 36.8 Å². The lowest BCUT2D eigenvalue weighted by Gasteiger charge is -2.17. The number of carbonyl (C=O) groups excluding carboxylic acids is 1. The Labute approximate surface area is 158 Å². The molecular formula is C17H19N3O5S2. The fourth-order valence-electron chi connectivity index (χ4n) is 2.85. The minimum Gasteiger partial charge on any atom is -0.336 e. The Balaban J connectivity index is 1.72. The summed E-state index contributed by atoms with van der Waals surface area (Å²) in [7, 11) is -7.42. The Kier molecular flexibility index (Phi) is 5.31. The fourth-order valence-corrected chi connectivity index (χ4v) is 4.90. The lowest BCUT2D eigenvalue weighted by Crippen LogP contribution is -2.38. The molecule has 1 aliphatic heterocycles. The first-order valence-corrected chi connectivity index (χ1v) is 11.6. The van der Waals surface area contributed by atoms with Crippen molar-refractivity contribution in [3.8, 4) is 0 Å². The topological polar surface area (TPSA) is 114 Å². The standard InChI is InChI=1S/C17H19N3O5S2/c1-26(22,23)14-5-4-6-15(11-14)27(24,25)19-13-8-10-20(12-13)17(21)16-7-2-3-9-18-16/h2-7,9,11,13,19H,8,10,12H2,1H3/t13-/m0/s1. The summed E-state index contributed by atoms with van der Waals surface area (Å²) in [5, 5.41) is 0. The van der Waals surface area contributed by atoms with Gasteiger partial charge in [-0.2, -0.15) is 0 Å². The molecule has 1 aliphatic rings. The van der Waals surface area contributed by atoms with Crippen molar-refractivity contribution < 1.29 is 21.6 Å². The van der Waals surface area contributed by atoms with Crippen molar-refractivity contribution in [2.45, 2.75) is 22.3 Å². The minimum absolute atomic E-state index is 0.0660. The van der Waals surface area contributed by atoms with Crippen LogP contribution in [0.2, 0.25) is 0 Å². The first kappa shape index (κ1) is 19.5. The van der Waals surface area contributed by atoms with Crippen LogP contribution in [0.4, 0.5) is 0 Å². The molecule has 2 aromatic rings. The van der Waals surface area contributed by atoms with Crippen LogP contribution in [0.3, 0.4) is 0 Å². The zero-order valence-electron chi connectivity index (χ0n) is 14.6. The molecule has 0 radical (unpaired) electrons. The summed E-state index contributed by atoms with van der Waals surface area (Å²) in [6, 6.07) is 9.77. The van der Waals surface area contributed by atoms with Crippen molar-refractivity contribution in [1.82, 2.24) is 14.6 Å². The third kappa shape index (κ3) is 4.52. The number of hydrogen-bond acceptors (Lipinski definition) is 6. The summed E-state index contributed by atoms with van der Waals surface area (Å²) in [5.74, 6) is -0.253. The molecule has 1 atom stereocenters. The van der Waals surface area contributed by atoms with Crippen LogP contribution in [0.1, 0.15) is 16.9 Å². The highest BCUT2D eigenvalue weighted by Gasteiger charge is 2.31. The second kappa shape index (κ2) is 7.37. The maximum atomic E-state index is 12.6. The quantitative estimate of drug-likeness (QED) is 0.777. The molecule has 10 heteroatoms. The third-order valence-electron chi connectivity index (χ3n) is 4.23. The number of aromatic nitrogens is 1. The number of nitrogens with zero attached hydrogens (tertiary/aromatic N) is 2. The number of hydrogen-bond donors (Lipinski definition) is 1. The highest BCUT2D eigenvalue weighted by molar-refractivity contribution is 7.91. The highest BCUT2D eigenvalue weighted by atomic mass is 32.2. The Morgan fingerprint density at radius 2 is 1.85 bits per heavy atom. The van der Waals surface area contributed by atoms with E-state index < -0.39 is 25.9 Å². The molecule has 0 bridgehead atoms. The van der Waals surface area contributed by atoms with Crippen LogP contribution in [-0.4, -0.2) is 58.0 Å². The van der Waals surface area contributed by atoms with Gasteiger partial charge in [0.15, 0.2) is 9.84 Å². The van der Waals surface area contributed by atoms with Gasteiger partial charge in [-0.1, -0.05) is 12.1 Å². The van der Waals surface area contributed by atoms with E-state index in [2.05, 4.69) is 9.71 Å². The molecule has 3 rings (SSSR count). The lowest BCUT2D eigenvalue weighted by molar-refractivity contribution is 0.0784. The molecule has 0 spiro atoms. The number of benzene rings is 1. The molecule has 8 nitrogen and oxygen atoms in total. The summed E-state index contributed by atoms with van der Waals surface area (Å²) in [6.07, 6.45) is 3.01. The van der Waals surface area contributed by atoms with Crippen molar-refractivity contribution >= 4 is 25.8 Å². The summed E-state index contributed by atoms with van der Waals surface area (Å²) in [6.45, 7) is 0.631. The smallest absolute Gasteiger partial charge is 0.272 e. The molecular weight excluding hydrogens is 390 g/mol. The van der Waals surface area contributed by atoms with Gasteiger partial charge in [0.25, 0.3) is 5.91 Å². The molecule has 0 saturated carbocycles. The third-order valence-corrected chi connectivity index (χ3v) is 6.85. The van der Waals surface area contributed by atoms with Crippen molar-refractivity contribution in [2.24, 2.45) is 0 Å². The molecule has 1 aromatic heterocycles. The molecule has 27 heavy (non-hydrogen) atoms. The zero-order valence-corrected chi connectivity index (χ0v) is 16.2. The van der Waals surface area contributed by atoms with E-state index in [4.69, 9.17) is 0 Å². The van der Waals surface area contributed by atoms with Gasteiger partial charge in [0.05, 0.1) is 9.79 Å². The molecule has 0 aliphatic carbocycles. The number of sulfone groups is 1. The van der Waals surface area contributed by atoms with E-state index in [1.54, 1.807) is 23.1 Å². The summed E-state index contributed by atoms with van der Waals surface area (Å²) >= 11 is 0. The van der Waals surface area contributed by atoms with E-state index in [1.807, 2.05) is 0 Å². The molecule has 1 amide bonds. The SMILES string of the molecule is CS(=O)(=O)c1cccc(S(=O)(=O)N[C@H]2CCN(C(=O)c3ccccn3)C2)c1. The predicted molar refractivity (Wildman–Crippen MR) is 98.4 cm³/mol. The molecule has 1 aromatic carbocycles. The van der Waals surface area contributed by atoms with Gasteiger partial charge in [-0.3, -0.25) is 9.78 Å². The van der Waals surface area contributed by atoms with Gasteiger partial charge in [0, 0.05) is 31.6 Å². The monoisotopic (exact) mass is 409 g/mol. The molecule has 0 unspecified atom stereocenters. The average Bonchev–Trinajstić information content (AvgIpc) is 3.09. The number of carbonyl (C=O) groups is 1. The van der Waals surface area contributed by atoms with Gasteiger partial charge >= 0.3 is 0 Å². The van der Waals surface area contributed by atoms with Gasteiger partial charge < -0.3 is 4.90 Å². The predicted octanol–water partition coefficient (Wildman–Crippen LogP) is 0.678. The van der Waals surface area contributed by atoms with Gasteiger partial charge in [0.1, 0.15) is 5.69 Å². The Morgan fingerprint density at radius 1 is 1.11 bits per heavy atom. The molecule has 144 valence electrons. The van der Waals surface area contributed by atoms with E-state index >= 15 is 0 Å². The number of likely N-dealkylation sites (tertiary alicyclic amines) is 1. The highest BCUT2D eigenvalue weighted by Crippen LogP contribution is 2.18. The van der Waals surface area contributed by atoms with Crippen molar-refractivity contribution in [3.05, 3.63) is 54.4 Å². The number of rotatable bonds is 5. The first-order valence-electron chi connectivity index (χ1n) is 8.19. The number of pyridine rings is 1. The molecule has 1 saturated heterocycles. The molecule has 2 heterocycles. The van der Waals surface area contributed by atoms with E-state index in [0.717, 1.165) is 12.3 Å². The maximum absolute atomic E-state index is 12.6. The van der Waals surface area contributed by atoms with Crippen LogP contribution < -0.4 is 4.72 Å². The van der Waals surface area contributed by atoms with E-state index in [1.165, 1.54) is 24.4 Å². The van der Waals surface area contributed by atoms with Crippen molar-refractivity contribution in [3.63, 3.8) is 0 Å². The van der Waals surface area contributed by atoms with E-state index in [0.29, 0.717) is 18.7 Å². The van der Waals surface area contributed by atoms with Crippen LogP contribution in [0, 0.1) is 0 Å². The largest absolute Gasteiger partial charge is 0.336 e. The molecule has 1 N–H and O–H groups in total. The Hall–Kier alpha value is -2.30.